The first-order valence-electron chi connectivity index (χ1n) is 3.29. The summed E-state index contributed by atoms with van der Waals surface area (Å²) in [6.07, 6.45) is 0. The molecule has 1 aromatic rings. The number of hydrogen-bond donors (Lipinski definition) is 1. The molecule has 0 radical (unpaired) electrons. The Bertz CT molecular complexity index is 312. The van der Waals surface area contributed by atoms with E-state index < -0.39 is 5.82 Å². The maximum absolute atomic E-state index is 13.0. The third kappa shape index (κ3) is 1.32. The van der Waals surface area contributed by atoms with Crippen molar-refractivity contribution in [2.75, 3.05) is 7.11 Å². The van der Waals surface area contributed by atoms with Gasteiger partial charge in [0.1, 0.15) is 5.82 Å². The van der Waals surface area contributed by atoms with E-state index in [-0.39, 0.29) is 22.1 Å². The van der Waals surface area contributed by atoms with Crippen LogP contribution in [0.3, 0.4) is 0 Å². The van der Waals surface area contributed by atoms with E-state index in [2.05, 4.69) is 0 Å². The van der Waals surface area contributed by atoms with E-state index in [1.165, 1.54) is 14.0 Å². The van der Waals surface area contributed by atoms with Crippen LogP contribution in [0.4, 0.5) is 4.39 Å². The molecule has 0 spiro atoms. The van der Waals surface area contributed by atoms with Gasteiger partial charge < -0.3 is 9.84 Å². The third-order valence-electron chi connectivity index (χ3n) is 1.58. The molecule has 0 atom stereocenters. The number of aromatic hydroxyl groups is 1. The van der Waals surface area contributed by atoms with Crippen LogP contribution in [0.5, 0.6) is 11.5 Å². The van der Waals surface area contributed by atoms with E-state index in [0.29, 0.717) is 0 Å². The van der Waals surface area contributed by atoms with Crippen LogP contribution < -0.4 is 4.74 Å². The predicted octanol–water partition coefficient (Wildman–Crippen LogP) is 2.50. The number of phenols is 1. The van der Waals surface area contributed by atoms with Crippen LogP contribution in [0.15, 0.2) is 6.07 Å². The summed E-state index contributed by atoms with van der Waals surface area (Å²) in [5.41, 5.74) is 0.211. The molecule has 0 aliphatic carbocycles. The molecule has 0 saturated carbocycles. The fourth-order valence-corrected chi connectivity index (χ4v) is 1.22. The Balaban J connectivity index is 3.40. The molecule has 0 unspecified atom stereocenters. The zero-order chi connectivity index (χ0) is 9.30. The Labute approximate surface area is 74.5 Å². The van der Waals surface area contributed by atoms with Crippen LogP contribution in [0.1, 0.15) is 5.56 Å². The van der Waals surface area contributed by atoms with Gasteiger partial charge in [0.2, 0.25) is 0 Å². The largest absolute Gasteiger partial charge is 0.504 e. The first kappa shape index (κ1) is 9.13. The zero-order valence-corrected chi connectivity index (χ0v) is 7.44. The summed E-state index contributed by atoms with van der Waals surface area (Å²) in [4.78, 5) is 0. The number of phenolic OH excluding ortho intramolecular Hbond substituents is 1. The Morgan fingerprint density at radius 3 is 2.67 bits per heavy atom. The first-order chi connectivity index (χ1) is 5.57. The van der Waals surface area contributed by atoms with E-state index in [1.54, 1.807) is 0 Å². The van der Waals surface area contributed by atoms with Gasteiger partial charge in [-0.15, -0.1) is 0 Å². The lowest BCUT2D eigenvalue weighted by atomic mass is 10.2. The maximum Gasteiger partial charge on any atom is 0.166 e. The van der Waals surface area contributed by atoms with Crippen LogP contribution in [0, 0.1) is 12.7 Å². The fourth-order valence-electron chi connectivity index (χ4n) is 0.978. The summed E-state index contributed by atoms with van der Waals surface area (Å²) in [5, 5.41) is 9.11. The van der Waals surface area contributed by atoms with Crippen molar-refractivity contribution in [2.24, 2.45) is 0 Å². The molecule has 1 aromatic carbocycles. The van der Waals surface area contributed by atoms with Crippen LogP contribution in [0.2, 0.25) is 5.02 Å². The van der Waals surface area contributed by atoms with Gasteiger partial charge in [-0.25, -0.2) is 4.39 Å². The van der Waals surface area contributed by atoms with Crippen molar-refractivity contribution in [2.45, 2.75) is 6.92 Å². The number of hydrogen-bond acceptors (Lipinski definition) is 2. The molecule has 12 heavy (non-hydrogen) atoms. The van der Waals surface area contributed by atoms with Crippen LogP contribution >= 0.6 is 11.6 Å². The second-order valence-electron chi connectivity index (χ2n) is 2.35. The maximum atomic E-state index is 13.0. The molecule has 0 amide bonds. The van der Waals surface area contributed by atoms with Gasteiger partial charge in [-0.2, -0.15) is 0 Å². The van der Waals surface area contributed by atoms with E-state index in [1.807, 2.05) is 0 Å². The van der Waals surface area contributed by atoms with Gasteiger partial charge in [0.05, 0.1) is 12.1 Å². The van der Waals surface area contributed by atoms with E-state index in [0.717, 1.165) is 6.07 Å². The minimum atomic E-state index is -0.564. The van der Waals surface area contributed by atoms with E-state index >= 15 is 0 Å². The molecule has 66 valence electrons. The monoisotopic (exact) mass is 190 g/mol. The Hall–Kier alpha value is -0.960. The third-order valence-corrected chi connectivity index (χ3v) is 1.85. The molecule has 1 rings (SSSR count). The van der Waals surface area contributed by atoms with Gasteiger partial charge in [0.25, 0.3) is 0 Å². The van der Waals surface area contributed by atoms with Gasteiger partial charge in [0, 0.05) is 11.6 Å². The van der Waals surface area contributed by atoms with Crippen LogP contribution in [-0.2, 0) is 0 Å². The highest BCUT2D eigenvalue weighted by Crippen LogP contribution is 2.35. The van der Waals surface area contributed by atoms with Gasteiger partial charge >= 0.3 is 0 Å². The van der Waals surface area contributed by atoms with Crippen molar-refractivity contribution in [3.8, 4) is 11.5 Å². The van der Waals surface area contributed by atoms with Crippen molar-refractivity contribution in [1.29, 1.82) is 0 Å². The summed E-state index contributed by atoms with van der Waals surface area (Å²) < 4.78 is 17.8. The Kier molecular flexibility index (Phi) is 2.43. The highest BCUT2D eigenvalue weighted by molar-refractivity contribution is 6.31. The van der Waals surface area contributed by atoms with Gasteiger partial charge in [0.15, 0.2) is 11.5 Å². The summed E-state index contributed by atoms with van der Waals surface area (Å²) in [7, 11) is 1.36. The van der Waals surface area contributed by atoms with Crippen molar-refractivity contribution in [1.82, 2.24) is 0 Å². The highest BCUT2D eigenvalue weighted by Gasteiger charge is 2.13. The normalized spacial score (nSPS) is 10.0. The summed E-state index contributed by atoms with van der Waals surface area (Å²) in [5.74, 6) is -0.593. The zero-order valence-electron chi connectivity index (χ0n) is 6.69. The number of methoxy groups -OCH3 is 1. The summed E-state index contributed by atoms with van der Waals surface area (Å²) in [6, 6.07) is 1.11. The van der Waals surface area contributed by atoms with Crippen LogP contribution in [0.25, 0.3) is 0 Å². The molecule has 0 saturated heterocycles. The average Bonchev–Trinajstić information content (AvgIpc) is 2.01. The lowest BCUT2D eigenvalue weighted by Crippen LogP contribution is -1.92. The van der Waals surface area contributed by atoms with Gasteiger partial charge in [-0.05, 0) is 6.92 Å². The Morgan fingerprint density at radius 2 is 2.17 bits per heavy atom. The van der Waals surface area contributed by atoms with Gasteiger partial charge in [-0.3, -0.25) is 0 Å². The topological polar surface area (TPSA) is 29.5 Å². The molecule has 0 heterocycles. The minimum Gasteiger partial charge on any atom is -0.504 e. The second kappa shape index (κ2) is 3.19. The Morgan fingerprint density at radius 1 is 1.58 bits per heavy atom. The lowest BCUT2D eigenvalue weighted by Gasteiger charge is -2.08. The molecule has 0 fully saturated rings. The molecule has 0 bridgehead atoms. The highest BCUT2D eigenvalue weighted by atomic mass is 35.5. The van der Waals surface area contributed by atoms with Crippen LogP contribution in [-0.4, -0.2) is 12.2 Å². The molecule has 2 nitrogen and oxygen atoms in total. The SMILES string of the molecule is COc1c(O)cc(Cl)c(F)c1C. The van der Waals surface area contributed by atoms with Crippen molar-refractivity contribution >= 4 is 11.6 Å². The molecular formula is C8H8ClFO2. The molecule has 1 N–H and O–H groups in total. The fraction of sp³-hybridized carbons (Fsp3) is 0.250. The summed E-state index contributed by atoms with van der Waals surface area (Å²) >= 11 is 5.46. The second-order valence-corrected chi connectivity index (χ2v) is 2.76. The van der Waals surface area contributed by atoms with Crippen molar-refractivity contribution in [3.05, 3.63) is 22.5 Å². The lowest BCUT2D eigenvalue weighted by molar-refractivity contribution is 0.367. The predicted molar refractivity (Wildman–Crippen MR) is 44.4 cm³/mol. The molecule has 0 aliphatic heterocycles. The smallest absolute Gasteiger partial charge is 0.166 e. The molecule has 0 aromatic heterocycles. The molecular weight excluding hydrogens is 183 g/mol. The quantitative estimate of drug-likeness (QED) is 0.737. The number of ether oxygens (including phenoxy) is 1. The van der Waals surface area contributed by atoms with Crippen molar-refractivity contribution < 1.29 is 14.2 Å². The average molecular weight is 191 g/mol. The minimum absolute atomic E-state index is 0.106. The van der Waals surface area contributed by atoms with E-state index in [9.17, 15) is 9.50 Å². The number of halogens is 2. The number of benzene rings is 1. The standard InChI is InChI=1S/C8H8ClFO2/c1-4-7(10)5(9)3-6(11)8(4)12-2/h3,11H,1-2H3. The van der Waals surface area contributed by atoms with E-state index in [4.69, 9.17) is 16.3 Å². The molecule has 0 aliphatic rings. The number of rotatable bonds is 1. The summed E-state index contributed by atoms with van der Waals surface area (Å²) in [6.45, 7) is 1.49. The van der Waals surface area contributed by atoms with Gasteiger partial charge in [-0.1, -0.05) is 11.6 Å². The van der Waals surface area contributed by atoms with Crippen molar-refractivity contribution in [3.63, 3.8) is 0 Å². The first-order valence-corrected chi connectivity index (χ1v) is 3.67. The molecule has 4 heteroatoms.